The molecule has 0 bridgehead atoms. The summed E-state index contributed by atoms with van der Waals surface area (Å²) in [5, 5.41) is 9.57. The van der Waals surface area contributed by atoms with Crippen LogP contribution < -0.4 is 0 Å². The van der Waals surface area contributed by atoms with Crippen LogP contribution in [-0.4, -0.2) is 41.3 Å². The molecule has 4 atom stereocenters. The van der Waals surface area contributed by atoms with E-state index < -0.39 is 17.9 Å². The monoisotopic (exact) mass is 368 g/mol. The van der Waals surface area contributed by atoms with Gasteiger partial charge in [-0.1, -0.05) is 44.8 Å². The van der Waals surface area contributed by atoms with Crippen molar-refractivity contribution in [3.8, 4) is 0 Å². The van der Waals surface area contributed by atoms with E-state index in [4.69, 9.17) is 14.2 Å². The lowest BCUT2D eigenvalue weighted by Crippen LogP contribution is -2.30. The van der Waals surface area contributed by atoms with E-state index in [-0.39, 0.29) is 24.7 Å². The minimum absolute atomic E-state index is 0.0752. The largest absolute Gasteiger partial charge is 0.462 e. The number of carbonyl (C=O) groups is 1. The highest BCUT2D eigenvalue weighted by Crippen LogP contribution is 2.32. The Morgan fingerprint density at radius 2 is 1.92 bits per heavy atom. The summed E-state index contributed by atoms with van der Waals surface area (Å²) < 4.78 is 17.4. The van der Waals surface area contributed by atoms with Gasteiger partial charge in [0.25, 0.3) is 0 Å². The van der Waals surface area contributed by atoms with E-state index >= 15 is 0 Å². The maximum absolute atomic E-state index is 12.1. The number of carbonyl (C=O) groups excluding carboxylic acids is 1. The van der Waals surface area contributed by atoms with Crippen LogP contribution in [0.3, 0.4) is 0 Å². The second-order valence-electron chi connectivity index (χ2n) is 7.43. The van der Waals surface area contributed by atoms with Crippen LogP contribution in [0.1, 0.15) is 72.1 Å². The van der Waals surface area contributed by atoms with Gasteiger partial charge in [-0.3, -0.25) is 4.79 Å². The molecule has 5 nitrogen and oxygen atoms in total. The zero-order chi connectivity index (χ0) is 19.6. The molecule has 0 spiro atoms. The second-order valence-corrected chi connectivity index (χ2v) is 7.43. The van der Waals surface area contributed by atoms with Crippen LogP contribution in [0.4, 0.5) is 0 Å². The Morgan fingerprint density at radius 3 is 2.54 bits per heavy atom. The van der Waals surface area contributed by atoms with Crippen molar-refractivity contribution in [1.29, 1.82) is 0 Å². The van der Waals surface area contributed by atoms with Crippen molar-refractivity contribution in [2.75, 3.05) is 0 Å². The number of unbranched alkanes of at least 4 members (excludes halogenated alkanes) is 4. The molecule has 1 aliphatic heterocycles. The van der Waals surface area contributed by atoms with Crippen LogP contribution >= 0.6 is 0 Å². The van der Waals surface area contributed by atoms with E-state index in [0.29, 0.717) is 6.42 Å². The van der Waals surface area contributed by atoms with Gasteiger partial charge in [0, 0.05) is 6.42 Å². The van der Waals surface area contributed by atoms with Crippen molar-refractivity contribution >= 4 is 5.97 Å². The summed E-state index contributed by atoms with van der Waals surface area (Å²) in [7, 11) is 0. The second kappa shape index (κ2) is 11.5. The fourth-order valence-electron chi connectivity index (χ4n) is 3.19. The summed E-state index contributed by atoms with van der Waals surface area (Å²) in [5.74, 6) is -1.08. The Bertz CT molecular complexity index is 446. The first-order valence-corrected chi connectivity index (χ1v) is 9.79. The van der Waals surface area contributed by atoms with Crippen molar-refractivity contribution < 1.29 is 24.1 Å². The smallest absolute Gasteiger partial charge is 0.309 e. The van der Waals surface area contributed by atoms with Crippen LogP contribution in [0.15, 0.2) is 25.3 Å². The molecular formula is C21H36O5. The number of aliphatic hydroxyl groups is 1. The molecule has 1 aliphatic rings. The van der Waals surface area contributed by atoms with Gasteiger partial charge in [-0.2, -0.15) is 0 Å². The Labute approximate surface area is 158 Å². The third-order valence-electron chi connectivity index (χ3n) is 4.52. The number of esters is 1. The molecule has 0 aromatic heterocycles. The molecule has 0 aliphatic carbocycles. The molecule has 0 aromatic carbocycles. The van der Waals surface area contributed by atoms with Gasteiger partial charge in [-0.25, -0.2) is 0 Å². The average Bonchev–Trinajstić information content (AvgIpc) is 2.87. The number of aliphatic hydroxyl groups excluding tert-OH is 1. The molecule has 1 fully saturated rings. The first-order chi connectivity index (χ1) is 12.3. The molecule has 0 saturated carbocycles. The lowest BCUT2D eigenvalue weighted by Gasteiger charge is -2.23. The van der Waals surface area contributed by atoms with Gasteiger partial charge in [0.1, 0.15) is 12.2 Å². The minimum Gasteiger partial charge on any atom is -0.462 e. The molecule has 26 heavy (non-hydrogen) atoms. The molecule has 0 aromatic rings. The number of rotatable bonds is 13. The third kappa shape index (κ3) is 8.47. The first-order valence-electron chi connectivity index (χ1n) is 9.79. The van der Waals surface area contributed by atoms with Gasteiger partial charge in [0.2, 0.25) is 0 Å². The van der Waals surface area contributed by atoms with E-state index in [1.165, 1.54) is 25.3 Å². The van der Waals surface area contributed by atoms with E-state index in [1.807, 2.05) is 13.8 Å². The highest BCUT2D eigenvalue weighted by molar-refractivity contribution is 5.70. The standard InChI is InChI=1S/C21H36O5/c1-6-9-10-11-12-13-17(24-20(23)14-16(22)7-2)15-19-18(8-3)25-21(4,5)26-19/h7-8,16-19,22H,2-3,6,9-15H2,1,4-5H3/t16-,17-,18-,19+/m1/s1. The average molecular weight is 369 g/mol. The predicted octanol–water partition coefficient (Wildman–Crippen LogP) is 4.29. The fraction of sp³-hybridized carbons (Fsp3) is 0.762. The van der Waals surface area contributed by atoms with Crippen LogP contribution in [0.5, 0.6) is 0 Å². The maximum atomic E-state index is 12.1. The lowest BCUT2D eigenvalue weighted by molar-refractivity contribution is -0.157. The molecule has 1 N–H and O–H groups in total. The van der Waals surface area contributed by atoms with E-state index in [9.17, 15) is 9.90 Å². The van der Waals surface area contributed by atoms with Gasteiger partial charge in [-0.15, -0.1) is 13.2 Å². The Kier molecular flexibility index (Phi) is 10.1. The molecule has 0 radical (unpaired) electrons. The molecule has 5 heteroatoms. The third-order valence-corrected chi connectivity index (χ3v) is 4.52. The van der Waals surface area contributed by atoms with E-state index in [1.54, 1.807) is 6.08 Å². The highest BCUT2D eigenvalue weighted by Gasteiger charge is 2.41. The summed E-state index contributed by atoms with van der Waals surface area (Å²) in [6.07, 6.45) is 8.53. The lowest BCUT2D eigenvalue weighted by atomic mass is 10.0. The molecule has 0 unspecified atom stereocenters. The molecule has 1 rings (SSSR count). The number of ether oxygens (including phenoxy) is 3. The molecular weight excluding hydrogens is 332 g/mol. The Morgan fingerprint density at radius 1 is 1.23 bits per heavy atom. The maximum Gasteiger partial charge on any atom is 0.309 e. The SMILES string of the molecule is C=C[C@@H](O)CC(=O)O[C@H](CCCCCCC)C[C@@H]1OC(C)(C)O[C@@H]1C=C. The van der Waals surface area contributed by atoms with Crippen LogP contribution in [0.25, 0.3) is 0 Å². The quantitative estimate of drug-likeness (QED) is 0.298. The van der Waals surface area contributed by atoms with Crippen LogP contribution in [0, 0.1) is 0 Å². The summed E-state index contributed by atoms with van der Waals surface area (Å²) in [6.45, 7) is 13.2. The van der Waals surface area contributed by atoms with Crippen molar-refractivity contribution in [3.63, 3.8) is 0 Å². The zero-order valence-corrected chi connectivity index (χ0v) is 16.6. The first kappa shape index (κ1) is 22.9. The van der Waals surface area contributed by atoms with Crippen LogP contribution in [-0.2, 0) is 19.0 Å². The Balaban J connectivity index is 2.62. The summed E-state index contributed by atoms with van der Waals surface area (Å²) in [6, 6.07) is 0. The van der Waals surface area contributed by atoms with E-state index in [2.05, 4.69) is 20.1 Å². The highest BCUT2D eigenvalue weighted by atomic mass is 16.8. The zero-order valence-electron chi connectivity index (χ0n) is 16.6. The minimum atomic E-state index is -0.876. The van der Waals surface area contributed by atoms with Gasteiger partial charge in [-0.05, 0) is 26.7 Å². The molecule has 1 saturated heterocycles. The normalized spacial score (nSPS) is 24.0. The molecule has 150 valence electrons. The van der Waals surface area contributed by atoms with Gasteiger partial charge < -0.3 is 19.3 Å². The van der Waals surface area contributed by atoms with E-state index in [0.717, 1.165) is 19.3 Å². The van der Waals surface area contributed by atoms with Crippen molar-refractivity contribution in [1.82, 2.24) is 0 Å². The van der Waals surface area contributed by atoms with Crippen molar-refractivity contribution in [2.24, 2.45) is 0 Å². The topological polar surface area (TPSA) is 65.0 Å². The van der Waals surface area contributed by atoms with Gasteiger partial charge in [0.15, 0.2) is 5.79 Å². The number of hydrogen-bond donors (Lipinski definition) is 1. The van der Waals surface area contributed by atoms with Crippen LogP contribution in [0.2, 0.25) is 0 Å². The Hall–Kier alpha value is -1.17. The predicted molar refractivity (Wildman–Crippen MR) is 103 cm³/mol. The molecule has 1 heterocycles. The summed E-state index contributed by atoms with van der Waals surface area (Å²) in [5.41, 5.74) is 0. The fourth-order valence-corrected chi connectivity index (χ4v) is 3.19. The van der Waals surface area contributed by atoms with Crippen molar-refractivity contribution in [2.45, 2.75) is 102 Å². The number of hydrogen-bond acceptors (Lipinski definition) is 5. The summed E-state index contributed by atoms with van der Waals surface area (Å²) in [4.78, 5) is 12.1. The summed E-state index contributed by atoms with van der Waals surface area (Å²) >= 11 is 0. The van der Waals surface area contributed by atoms with Crippen molar-refractivity contribution in [3.05, 3.63) is 25.3 Å². The van der Waals surface area contributed by atoms with Gasteiger partial charge in [0.05, 0.1) is 18.6 Å². The van der Waals surface area contributed by atoms with Gasteiger partial charge >= 0.3 is 5.97 Å². The molecule has 0 amide bonds.